The molecule has 3 nitrogen and oxygen atoms in total. The summed E-state index contributed by atoms with van der Waals surface area (Å²) in [7, 11) is 0. The summed E-state index contributed by atoms with van der Waals surface area (Å²) < 4.78 is 10.9. The van der Waals surface area contributed by atoms with Crippen LogP contribution in [0.2, 0.25) is 0 Å². The van der Waals surface area contributed by atoms with Gasteiger partial charge in [-0.15, -0.1) is 0 Å². The van der Waals surface area contributed by atoms with E-state index < -0.39 is 5.60 Å². The average Bonchev–Trinajstić information content (AvgIpc) is 2.43. The first kappa shape index (κ1) is 17.9. The Balaban J connectivity index is 2.06. The lowest BCUT2D eigenvalue weighted by atomic mass is 9.96. The molecule has 1 aromatic rings. The summed E-state index contributed by atoms with van der Waals surface area (Å²) in [6.45, 7) is 7.33. The van der Waals surface area contributed by atoms with Gasteiger partial charge in [-0.25, -0.2) is 0 Å². The fourth-order valence-electron chi connectivity index (χ4n) is 1.94. The zero-order valence-electron chi connectivity index (χ0n) is 13.5. The first-order valence-corrected chi connectivity index (χ1v) is 7.55. The second-order valence-electron chi connectivity index (χ2n) is 5.93. The van der Waals surface area contributed by atoms with Crippen molar-refractivity contribution in [2.75, 3.05) is 13.4 Å². The molecule has 0 heterocycles. The molecule has 0 aliphatic heterocycles. The van der Waals surface area contributed by atoms with Crippen molar-refractivity contribution in [3.8, 4) is 0 Å². The fourth-order valence-corrected chi connectivity index (χ4v) is 1.94. The highest BCUT2D eigenvalue weighted by molar-refractivity contribution is 5.13. The van der Waals surface area contributed by atoms with Crippen LogP contribution in [0.4, 0.5) is 0 Å². The molecule has 1 aromatic carbocycles. The van der Waals surface area contributed by atoms with E-state index in [9.17, 15) is 5.11 Å². The third-order valence-electron chi connectivity index (χ3n) is 3.30. The van der Waals surface area contributed by atoms with Crippen molar-refractivity contribution in [2.24, 2.45) is 0 Å². The largest absolute Gasteiger partial charge is 0.390 e. The van der Waals surface area contributed by atoms with Crippen molar-refractivity contribution < 1.29 is 14.6 Å². The average molecular weight is 292 g/mol. The number of aliphatic hydroxyl groups is 1. The van der Waals surface area contributed by atoms with Gasteiger partial charge < -0.3 is 14.6 Å². The molecule has 0 radical (unpaired) electrons. The van der Waals surface area contributed by atoms with E-state index in [1.54, 1.807) is 0 Å². The van der Waals surface area contributed by atoms with Gasteiger partial charge in [-0.1, -0.05) is 42.0 Å². The SMILES string of the molecule is CC(C)=CCC[C@@](C)(O)CCOCOCc1ccccc1. The number of ether oxygens (including phenoxy) is 2. The lowest BCUT2D eigenvalue weighted by Crippen LogP contribution is -2.26. The normalized spacial score (nSPS) is 13.7. The molecule has 0 spiro atoms. The van der Waals surface area contributed by atoms with Crippen LogP contribution >= 0.6 is 0 Å². The van der Waals surface area contributed by atoms with E-state index in [-0.39, 0.29) is 6.79 Å². The number of hydrogen-bond donors (Lipinski definition) is 1. The zero-order chi connectivity index (χ0) is 15.6. The number of benzene rings is 1. The van der Waals surface area contributed by atoms with Crippen LogP contribution in [0.15, 0.2) is 42.0 Å². The van der Waals surface area contributed by atoms with E-state index >= 15 is 0 Å². The number of rotatable bonds is 10. The van der Waals surface area contributed by atoms with Gasteiger partial charge in [-0.2, -0.15) is 0 Å². The Labute approximate surface area is 128 Å². The fraction of sp³-hybridized carbons (Fsp3) is 0.556. The molecule has 0 saturated heterocycles. The Hall–Kier alpha value is -1.16. The van der Waals surface area contributed by atoms with Crippen molar-refractivity contribution in [3.63, 3.8) is 0 Å². The number of allylic oxidation sites excluding steroid dienone is 2. The Morgan fingerprint density at radius 3 is 2.52 bits per heavy atom. The maximum absolute atomic E-state index is 10.2. The summed E-state index contributed by atoms with van der Waals surface area (Å²) in [5.41, 5.74) is 1.75. The molecular weight excluding hydrogens is 264 g/mol. The van der Waals surface area contributed by atoms with Gasteiger partial charge >= 0.3 is 0 Å². The third kappa shape index (κ3) is 9.40. The lowest BCUT2D eigenvalue weighted by molar-refractivity contribution is -0.0781. The van der Waals surface area contributed by atoms with Gasteiger partial charge in [-0.05, 0) is 45.6 Å². The van der Waals surface area contributed by atoms with Gasteiger partial charge in [0.25, 0.3) is 0 Å². The first-order valence-electron chi connectivity index (χ1n) is 7.55. The molecule has 0 unspecified atom stereocenters. The van der Waals surface area contributed by atoms with Crippen LogP contribution in [-0.2, 0) is 16.1 Å². The van der Waals surface area contributed by atoms with Crippen molar-refractivity contribution in [3.05, 3.63) is 47.5 Å². The molecule has 0 saturated carbocycles. The van der Waals surface area contributed by atoms with Crippen LogP contribution in [0.5, 0.6) is 0 Å². The molecule has 1 N–H and O–H groups in total. The van der Waals surface area contributed by atoms with Crippen LogP contribution in [0.25, 0.3) is 0 Å². The van der Waals surface area contributed by atoms with Crippen LogP contribution in [0.1, 0.15) is 45.6 Å². The zero-order valence-corrected chi connectivity index (χ0v) is 13.5. The summed E-state index contributed by atoms with van der Waals surface area (Å²) >= 11 is 0. The standard InChI is InChI=1S/C18H28O3/c1-16(2)8-7-11-18(3,19)12-13-20-15-21-14-17-9-5-4-6-10-17/h4-6,8-10,19H,7,11-15H2,1-3H3/t18-/m1/s1. The second kappa shape index (κ2) is 9.72. The van der Waals surface area contributed by atoms with Crippen molar-refractivity contribution in [1.29, 1.82) is 0 Å². The smallest absolute Gasteiger partial charge is 0.147 e. The Morgan fingerprint density at radius 1 is 1.14 bits per heavy atom. The minimum atomic E-state index is -0.675. The summed E-state index contributed by atoms with van der Waals surface area (Å²) in [5, 5.41) is 10.2. The van der Waals surface area contributed by atoms with Gasteiger partial charge in [0, 0.05) is 0 Å². The summed E-state index contributed by atoms with van der Waals surface area (Å²) in [6.07, 6.45) is 4.43. The van der Waals surface area contributed by atoms with E-state index in [0.29, 0.717) is 19.6 Å². The lowest BCUT2D eigenvalue weighted by Gasteiger charge is -2.22. The Bertz CT molecular complexity index is 406. The first-order chi connectivity index (χ1) is 9.99. The molecule has 3 heteroatoms. The van der Waals surface area contributed by atoms with Gasteiger partial charge in [0.15, 0.2) is 0 Å². The Kier molecular flexibility index (Phi) is 8.28. The quantitative estimate of drug-likeness (QED) is 0.401. The van der Waals surface area contributed by atoms with E-state index in [1.165, 1.54) is 5.57 Å². The molecule has 0 bridgehead atoms. The molecule has 21 heavy (non-hydrogen) atoms. The summed E-state index contributed by atoms with van der Waals surface area (Å²) in [5.74, 6) is 0. The molecule has 0 amide bonds. The molecule has 118 valence electrons. The van der Waals surface area contributed by atoms with Crippen molar-refractivity contribution in [2.45, 2.75) is 52.2 Å². The maximum Gasteiger partial charge on any atom is 0.147 e. The highest BCUT2D eigenvalue weighted by Crippen LogP contribution is 2.17. The molecule has 0 aliphatic carbocycles. The van der Waals surface area contributed by atoms with E-state index in [4.69, 9.17) is 9.47 Å². The van der Waals surface area contributed by atoms with E-state index in [0.717, 1.165) is 18.4 Å². The minimum absolute atomic E-state index is 0.263. The number of hydrogen-bond acceptors (Lipinski definition) is 3. The Morgan fingerprint density at radius 2 is 1.86 bits per heavy atom. The summed E-state index contributed by atoms with van der Waals surface area (Å²) in [4.78, 5) is 0. The molecule has 0 aromatic heterocycles. The minimum Gasteiger partial charge on any atom is -0.390 e. The highest BCUT2D eigenvalue weighted by atomic mass is 16.7. The van der Waals surface area contributed by atoms with Crippen molar-refractivity contribution >= 4 is 0 Å². The predicted molar refractivity (Wildman–Crippen MR) is 86.0 cm³/mol. The van der Waals surface area contributed by atoms with E-state index in [2.05, 4.69) is 19.9 Å². The summed E-state index contributed by atoms with van der Waals surface area (Å²) in [6, 6.07) is 10.0. The third-order valence-corrected chi connectivity index (χ3v) is 3.30. The molecule has 1 atom stereocenters. The monoisotopic (exact) mass is 292 g/mol. The molecule has 0 aliphatic rings. The van der Waals surface area contributed by atoms with Crippen LogP contribution in [-0.4, -0.2) is 24.1 Å². The van der Waals surface area contributed by atoms with E-state index in [1.807, 2.05) is 37.3 Å². The highest BCUT2D eigenvalue weighted by Gasteiger charge is 2.18. The predicted octanol–water partition coefficient (Wildman–Crippen LogP) is 4.06. The van der Waals surface area contributed by atoms with Crippen LogP contribution in [0, 0.1) is 0 Å². The molecule has 0 fully saturated rings. The van der Waals surface area contributed by atoms with Gasteiger partial charge in [0.1, 0.15) is 6.79 Å². The van der Waals surface area contributed by atoms with Gasteiger partial charge in [0.2, 0.25) is 0 Å². The van der Waals surface area contributed by atoms with Crippen LogP contribution < -0.4 is 0 Å². The molecule has 1 rings (SSSR count). The maximum atomic E-state index is 10.2. The van der Waals surface area contributed by atoms with Crippen molar-refractivity contribution in [1.82, 2.24) is 0 Å². The topological polar surface area (TPSA) is 38.7 Å². The van der Waals surface area contributed by atoms with Gasteiger partial charge in [-0.3, -0.25) is 0 Å². The van der Waals surface area contributed by atoms with Gasteiger partial charge in [0.05, 0.1) is 18.8 Å². The van der Waals surface area contributed by atoms with Crippen LogP contribution in [0.3, 0.4) is 0 Å². The molecular formula is C18H28O3. The second-order valence-corrected chi connectivity index (χ2v) is 5.93.